The van der Waals surface area contributed by atoms with E-state index in [2.05, 4.69) is 39.6 Å². The quantitative estimate of drug-likeness (QED) is 0.829. The van der Waals surface area contributed by atoms with E-state index in [1.807, 2.05) is 17.2 Å². The first-order chi connectivity index (χ1) is 12.7. The van der Waals surface area contributed by atoms with E-state index in [0.717, 1.165) is 50.5 Å². The van der Waals surface area contributed by atoms with Crippen LogP contribution < -0.4 is 4.90 Å². The number of aromatic nitrogens is 3. The zero-order chi connectivity index (χ0) is 18.1. The summed E-state index contributed by atoms with van der Waals surface area (Å²) in [6, 6.07) is 4.12. The molecular formula is C20H27N5O. The minimum atomic E-state index is 0.145. The van der Waals surface area contributed by atoms with Gasteiger partial charge in [-0.15, -0.1) is 0 Å². The minimum Gasteiger partial charge on any atom is -0.353 e. The lowest BCUT2D eigenvalue weighted by atomic mass is 10.1. The van der Waals surface area contributed by atoms with Crippen molar-refractivity contribution in [2.75, 3.05) is 31.1 Å². The van der Waals surface area contributed by atoms with E-state index in [1.54, 1.807) is 6.20 Å². The fourth-order valence-electron chi connectivity index (χ4n) is 3.74. The molecular weight excluding hydrogens is 326 g/mol. The molecule has 4 rings (SSSR count). The molecule has 2 fully saturated rings. The van der Waals surface area contributed by atoms with Crippen molar-refractivity contribution in [2.24, 2.45) is 0 Å². The highest BCUT2D eigenvalue weighted by Crippen LogP contribution is 2.42. The van der Waals surface area contributed by atoms with Crippen LogP contribution in [0.1, 0.15) is 53.7 Å². The Labute approximate surface area is 154 Å². The fraction of sp³-hybridized carbons (Fsp3) is 0.550. The van der Waals surface area contributed by atoms with Gasteiger partial charge in [-0.25, -0.2) is 4.98 Å². The standard InChI is InChI=1S/C20H27N5O/c1-3-8-25-19(16-4-5-16)17(14-22-25)20(26)24-11-9-23(10-12-24)18-13-15(2)6-7-21-18/h6-7,13-14,16H,3-5,8-12H2,1-2H3. The van der Waals surface area contributed by atoms with Crippen LogP contribution >= 0.6 is 0 Å². The predicted molar refractivity (Wildman–Crippen MR) is 102 cm³/mol. The van der Waals surface area contributed by atoms with Crippen LogP contribution in [0.15, 0.2) is 24.5 Å². The molecule has 1 saturated heterocycles. The Kier molecular flexibility index (Phi) is 4.66. The fourth-order valence-corrected chi connectivity index (χ4v) is 3.74. The number of piperazine rings is 1. The Morgan fingerprint density at radius 3 is 2.65 bits per heavy atom. The summed E-state index contributed by atoms with van der Waals surface area (Å²) in [5.74, 6) is 1.68. The van der Waals surface area contributed by atoms with Gasteiger partial charge in [-0.1, -0.05) is 6.92 Å². The molecule has 1 aliphatic carbocycles. The minimum absolute atomic E-state index is 0.145. The van der Waals surface area contributed by atoms with Gasteiger partial charge < -0.3 is 9.80 Å². The number of anilines is 1. The summed E-state index contributed by atoms with van der Waals surface area (Å²) in [5.41, 5.74) is 3.20. The van der Waals surface area contributed by atoms with Gasteiger partial charge in [-0.2, -0.15) is 5.10 Å². The molecule has 0 spiro atoms. The highest BCUT2D eigenvalue weighted by atomic mass is 16.2. The number of carbonyl (C=O) groups is 1. The molecule has 2 aliphatic rings. The van der Waals surface area contributed by atoms with E-state index in [1.165, 1.54) is 24.1 Å². The van der Waals surface area contributed by atoms with E-state index in [0.29, 0.717) is 5.92 Å². The molecule has 3 heterocycles. The Bertz CT molecular complexity index is 787. The van der Waals surface area contributed by atoms with E-state index < -0.39 is 0 Å². The van der Waals surface area contributed by atoms with E-state index in [9.17, 15) is 4.79 Å². The van der Waals surface area contributed by atoms with E-state index >= 15 is 0 Å². The van der Waals surface area contributed by atoms with Crippen molar-refractivity contribution in [1.29, 1.82) is 0 Å². The second-order valence-electron chi connectivity index (χ2n) is 7.41. The zero-order valence-corrected chi connectivity index (χ0v) is 15.7. The van der Waals surface area contributed by atoms with Crippen molar-refractivity contribution in [3.63, 3.8) is 0 Å². The molecule has 2 aromatic heterocycles. The van der Waals surface area contributed by atoms with Crippen LogP contribution in [0.3, 0.4) is 0 Å². The number of rotatable bonds is 5. The lowest BCUT2D eigenvalue weighted by Gasteiger charge is -2.35. The van der Waals surface area contributed by atoms with Gasteiger partial charge in [0.25, 0.3) is 5.91 Å². The summed E-state index contributed by atoms with van der Waals surface area (Å²) < 4.78 is 2.05. The lowest BCUT2D eigenvalue weighted by molar-refractivity contribution is 0.0745. The number of hydrogen-bond donors (Lipinski definition) is 0. The van der Waals surface area contributed by atoms with Gasteiger partial charge in [0.2, 0.25) is 0 Å². The van der Waals surface area contributed by atoms with Crippen molar-refractivity contribution in [3.8, 4) is 0 Å². The molecule has 6 heteroatoms. The van der Waals surface area contributed by atoms with Crippen molar-refractivity contribution < 1.29 is 4.79 Å². The third-order valence-corrected chi connectivity index (χ3v) is 5.30. The molecule has 0 bridgehead atoms. The summed E-state index contributed by atoms with van der Waals surface area (Å²) in [7, 11) is 0. The summed E-state index contributed by atoms with van der Waals surface area (Å²) in [6.45, 7) is 8.24. The maximum atomic E-state index is 13.1. The van der Waals surface area contributed by atoms with Crippen molar-refractivity contribution in [2.45, 2.75) is 45.6 Å². The number of aryl methyl sites for hydroxylation is 2. The highest BCUT2D eigenvalue weighted by molar-refractivity contribution is 5.95. The van der Waals surface area contributed by atoms with Crippen LogP contribution in [0.5, 0.6) is 0 Å². The molecule has 1 aliphatic heterocycles. The van der Waals surface area contributed by atoms with Gasteiger partial charge in [0.1, 0.15) is 5.82 Å². The largest absolute Gasteiger partial charge is 0.353 e. The third-order valence-electron chi connectivity index (χ3n) is 5.30. The summed E-state index contributed by atoms with van der Waals surface area (Å²) in [6.07, 6.45) is 7.05. The molecule has 26 heavy (non-hydrogen) atoms. The van der Waals surface area contributed by atoms with Crippen molar-refractivity contribution >= 4 is 11.7 Å². The molecule has 0 aromatic carbocycles. The molecule has 0 N–H and O–H groups in total. The van der Waals surface area contributed by atoms with E-state index in [-0.39, 0.29) is 5.91 Å². The number of pyridine rings is 1. The average Bonchev–Trinajstić information content (AvgIpc) is 3.42. The van der Waals surface area contributed by atoms with Crippen molar-refractivity contribution in [1.82, 2.24) is 19.7 Å². The molecule has 0 atom stereocenters. The SMILES string of the molecule is CCCn1ncc(C(=O)N2CCN(c3cc(C)ccn3)CC2)c1C1CC1. The van der Waals surface area contributed by atoms with E-state index in [4.69, 9.17) is 0 Å². The Morgan fingerprint density at radius 1 is 1.23 bits per heavy atom. The second kappa shape index (κ2) is 7.09. The van der Waals surface area contributed by atoms with Gasteiger partial charge in [0, 0.05) is 44.8 Å². The highest BCUT2D eigenvalue weighted by Gasteiger charge is 2.34. The third kappa shape index (κ3) is 3.32. The van der Waals surface area contributed by atoms with Crippen molar-refractivity contribution in [3.05, 3.63) is 41.3 Å². The monoisotopic (exact) mass is 353 g/mol. The number of carbonyl (C=O) groups excluding carboxylic acids is 1. The van der Waals surface area contributed by atoms with Crippen LogP contribution in [-0.2, 0) is 6.54 Å². The molecule has 1 saturated carbocycles. The molecule has 2 aromatic rings. The Hall–Kier alpha value is -2.37. The average molecular weight is 353 g/mol. The Balaban J connectivity index is 1.46. The Morgan fingerprint density at radius 2 is 2.00 bits per heavy atom. The van der Waals surface area contributed by atoms with Crippen LogP contribution in [0.2, 0.25) is 0 Å². The molecule has 1 amide bonds. The van der Waals surface area contributed by atoms with Crippen LogP contribution in [0.25, 0.3) is 0 Å². The molecule has 0 radical (unpaired) electrons. The maximum absolute atomic E-state index is 13.1. The first-order valence-electron chi connectivity index (χ1n) is 9.70. The first kappa shape index (κ1) is 17.1. The maximum Gasteiger partial charge on any atom is 0.257 e. The van der Waals surface area contributed by atoms with Crippen LogP contribution in [0, 0.1) is 6.92 Å². The summed E-state index contributed by atoms with van der Waals surface area (Å²) >= 11 is 0. The van der Waals surface area contributed by atoms with Gasteiger partial charge >= 0.3 is 0 Å². The topological polar surface area (TPSA) is 54.3 Å². The van der Waals surface area contributed by atoms with Gasteiger partial charge in [-0.3, -0.25) is 9.48 Å². The number of hydrogen-bond acceptors (Lipinski definition) is 4. The zero-order valence-electron chi connectivity index (χ0n) is 15.7. The molecule has 138 valence electrons. The molecule has 0 unspecified atom stereocenters. The smallest absolute Gasteiger partial charge is 0.257 e. The number of nitrogens with zero attached hydrogens (tertiary/aromatic N) is 5. The second-order valence-corrected chi connectivity index (χ2v) is 7.41. The van der Waals surface area contributed by atoms with Gasteiger partial charge in [0.05, 0.1) is 17.5 Å². The number of amides is 1. The molecule has 6 nitrogen and oxygen atoms in total. The summed E-state index contributed by atoms with van der Waals surface area (Å²) in [4.78, 5) is 21.8. The predicted octanol–water partition coefficient (Wildman–Crippen LogP) is 2.84. The van der Waals surface area contributed by atoms with Crippen LogP contribution in [-0.4, -0.2) is 51.8 Å². The first-order valence-corrected chi connectivity index (χ1v) is 9.70. The normalized spacial score (nSPS) is 17.6. The lowest BCUT2D eigenvalue weighted by Crippen LogP contribution is -2.49. The van der Waals surface area contributed by atoms with Gasteiger partial charge in [-0.05, 0) is 43.9 Å². The van der Waals surface area contributed by atoms with Gasteiger partial charge in [0.15, 0.2) is 0 Å². The van der Waals surface area contributed by atoms with Crippen LogP contribution in [0.4, 0.5) is 5.82 Å². The summed E-state index contributed by atoms with van der Waals surface area (Å²) in [5, 5.41) is 4.50.